The van der Waals surface area contributed by atoms with E-state index in [0.29, 0.717) is 5.56 Å². The van der Waals surface area contributed by atoms with E-state index in [-0.39, 0.29) is 18.8 Å². The molecular formula is C14H17F3O3. The highest BCUT2D eigenvalue weighted by molar-refractivity contribution is 5.75. The zero-order chi connectivity index (χ0) is 15.4. The second kappa shape index (κ2) is 6.15. The third-order valence-corrected chi connectivity index (χ3v) is 2.42. The molecule has 0 aliphatic rings. The van der Waals surface area contributed by atoms with Crippen LogP contribution in [-0.4, -0.2) is 18.9 Å². The van der Waals surface area contributed by atoms with Crippen molar-refractivity contribution in [1.29, 1.82) is 0 Å². The van der Waals surface area contributed by atoms with Crippen LogP contribution < -0.4 is 4.74 Å². The van der Waals surface area contributed by atoms with Gasteiger partial charge in [0.1, 0.15) is 5.75 Å². The Morgan fingerprint density at radius 3 is 2.30 bits per heavy atom. The molecule has 0 aliphatic carbocycles. The van der Waals surface area contributed by atoms with Gasteiger partial charge in [-0.25, -0.2) is 0 Å². The predicted octanol–water partition coefficient (Wildman–Crippen LogP) is 3.72. The largest absolute Gasteiger partial charge is 0.573 e. The van der Waals surface area contributed by atoms with Crippen molar-refractivity contribution in [2.45, 2.75) is 33.6 Å². The number of para-hydroxylation sites is 1. The summed E-state index contributed by atoms with van der Waals surface area (Å²) in [5, 5.41) is 0. The maximum atomic E-state index is 12.2. The average molecular weight is 290 g/mol. The molecule has 0 bridgehead atoms. The summed E-state index contributed by atoms with van der Waals surface area (Å²) < 4.78 is 45.6. The molecule has 20 heavy (non-hydrogen) atoms. The molecule has 1 aromatic rings. The maximum absolute atomic E-state index is 12.2. The third kappa shape index (κ3) is 5.50. The SMILES string of the molecule is CC(C)(C)C(=O)OCCc1ccccc1OC(F)(F)F. The Bertz CT molecular complexity index is 461. The molecule has 1 aromatic carbocycles. The predicted molar refractivity (Wildman–Crippen MR) is 67.2 cm³/mol. The van der Waals surface area contributed by atoms with E-state index in [0.717, 1.165) is 0 Å². The van der Waals surface area contributed by atoms with Crippen LogP contribution in [0.15, 0.2) is 24.3 Å². The van der Waals surface area contributed by atoms with Gasteiger partial charge in [-0.15, -0.1) is 13.2 Å². The molecule has 0 saturated heterocycles. The molecule has 0 atom stereocenters. The molecule has 0 saturated carbocycles. The van der Waals surface area contributed by atoms with Crippen molar-refractivity contribution < 1.29 is 27.4 Å². The maximum Gasteiger partial charge on any atom is 0.573 e. The molecule has 3 nitrogen and oxygen atoms in total. The fraction of sp³-hybridized carbons (Fsp3) is 0.500. The van der Waals surface area contributed by atoms with Crippen molar-refractivity contribution in [3.8, 4) is 5.75 Å². The monoisotopic (exact) mass is 290 g/mol. The third-order valence-electron chi connectivity index (χ3n) is 2.42. The van der Waals surface area contributed by atoms with E-state index in [4.69, 9.17) is 4.74 Å². The van der Waals surface area contributed by atoms with Gasteiger partial charge in [0.25, 0.3) is 0 Å². The fourth-order valence-corrected chi connectivity index (χ4v) is 1.40. The van der Waals surface area contributed by atoms with Gasteiger partial charge in [0.2, 0.25) is 0 Å². The summed E-state index contributed by atoms with van der Waals surface area (Å²) in [6.45, 7) is 5.12. The van der Waals surface area contributed by atoms with Crippen LogP contribution in [0.25, 0.3) is 0 Å². The molecule has 0 spiro atoms. The molecule has 0 fully saturated rings. The van der Waals surface area contributed by atoms with Gasteiger partial charge in [0.15, 0.2) is 0 Å². The van der Waals surface area contributed by atoms with Crippen molar-refractivity contribution in [3.05, 3.63) is 29.8 Å². The Morgan fingerprint density at radius 1 is 1.15 bits per heavy atom. The van der Waals surface area contributed by atoms with Gasteiger partial charge in [-0.1, -0.05) is 18.2 Å². The fourth-order valence-electron chi connectivity index (χ4n) is 1.40. The summed E-state index contributed by atoms with van der Waals surface area (Å²) in [6, 6.07) is 5.79. The van der Waals surface area contributed by atoms with E-state index in [9.17, 15) is 18.0 Å². The number of alkyl halides is 3. The standard InChI is InChI=1S/C14H17F3O3/c1-13(2,3)12(18)19-9-8-10-6-4-5-7-11(10)20-14(15,16)17/h4-7H,8-9H2,1-3H3. The number of hydrogen-bond donors (Lipinski definition) is 0. The highest BCUT2D eigenvalue weighted by atomic mass is 19.4. The number of benzene rings is 1. The van der Waals surface area contributed by atoms with Gasteiger partial charge in [-0.3, -0.25) is 4.79 Å². The summed E-state index contributed by atoms with van der Waals surface area (Å²) in [5.41, 5.74) is -0.298. The van der Waals surface area contributed by atoms with Gasteiger partial charge in [0.05, 0.1) is 12.0 Å². The van der Waals surface area contributed by atoms with Crippen LogP contribution in [0.2, 0.25) is 0 Å². The van der Waals surface area contributed by atoms with E-state index >= 15 is 0 Å². The van der Waals surface area contributed by atoms with Crippen LogP contribution in [-0.2, 0) is 16.0 Å². The van der Waals surface area contributed by atoms with Gasteiger partial charge < -0.3 is 9.47 Å². The topological polar surface area (TPSA) is 35.5 Å². The summed E-state index contributed by atoms with van der Waals surface area (Å²) in [5.74, 6) is -0.668. The Morgan fingerprint density at radius 2 is 1.75 bits per heavy atom. The minimum atomic E-state index is -4.74. The van der Waals surface area contributed by atoms with Crippen LogP contribution in [0.4, 0.5) is 13.2 Å². The summed E-state index contributed by atoms with van der Waals surface area (Å²) >= 11 is 0. The molecule has 112 valence electrons. The Hall–Kier alpha value is -1.72. The van der Waals surface area contributed by atoms with Gasteiger partial charge in [-0.05, 0) is 32.4 Å². The molecule has 0 aromatic heterocycles. The summed E-state index contributed by atoms with van der Waals surface area (Å²) in [4.78, 5) is 11.5. The van der Waals surface area contributed by atoms with Gasteiger partial charge in [-0.2, -0.15) is 0 Å². The first-order valence-electron chi connectivity index (χ1n) is 6.10. The molecule has 0 aliphatic heterocycles. The van der Waals surface area contributed by atoms with Crippen LogP contribution >= 0.6 is 0 Å². The lowest BCUT2D eigenvalue weighted by Gasteiger charge is -2.17. The van der Waals surface area contributed by atoms with Gasteiger partial charge in [0, 0.05) is 6.42 Å². The smallest absolute Gasteiger partial charge is 0.465 e. The van der Waals surface area contributed by atoms with E-state index in [1.165, 1.54) is 18.2 Å². The first kappa shape index (κ1) is 16.3. The molecule has 0 amide bonds. The molecule has 0 radical (unpaired) electrons. The first-order valence-corrected chi connectivity index (χ1v) is 6.10. The van der Waals surface area contributed by atoms with Crippen LogP contribution in [0, 0.1) is 5.41 Å². The quantitative estimate of drug-likeness (QED) is 0.793. The molecular weight excluding hydrogens is 273 g/mol. The van der Waals surface area contributed by atoms with Crippen LogP contribution in [0.5, 0.6) is 5.75 Å². The second-order valence-corrected chi connectivity index (χ2v) is 5.29. The molecule has 0 heterocycles. The zero-order valence-electron chi connectivity index (χ0n) is 11.6. The number of esters is 1. The molecule has 1 rings (SSSR count). The lowest BCUT2D eigenvalue weighted by Crippen LogP contribution is -2.24. The number of halogens is 3. The zero-order valence-corrected chi connectivity index (χ0v) is 11.6. The lowest BCUT2D eigenvalue weighted by atomic mass is 9.97. The number of carbonyl (C=O) groups excluding carboxylic acids is 1. The van der Waals surface area contributed by atoms with Crippen LogP contribution in [0.1, 0.15) is 26.3 Å². The normalized spacial score (nSPS) is 12.1. The van der Waals surface area contributed by atoms with Crippen LogP contribution in [0.3, 0.4) is 0 Å². The highest BCUT2D eigenvalue weighted by Crippen LogP contribution is 2.26. The highest BCUT2D eigenvalue weighted by Gasteiger charge is 2.32. The first-order chi connectivity index (χ1) is 9.09. The van der Waals surface area contributed by atoms with Crippen molar-refractivity contribution in [2.24, 2.45) is 5.41 Å². The Kier molecular flexibility index (Phi) is 5.03. The minimum absolute atomic E-state index is 0.00827. The lowest BCUT2D eigenvalue weighted by molar-refractivity contribution is -0.274. The molecule has 0 unspecified atom stereocenters. The summed E-state index contributed by atoms with van der Waals surface area (Å²) in [6.07, 6.45) is -4.58. The number of carbonyl (C=O) groups is 1. The van der Waals surface area contributed by atoms with Crippen molar-refractivity contribution in [1.82, 2.24) is 0 Å². The average Bonchev–Trinajstić information content (AvgIpc) is 2.28. The van der Waals surface area contributed by atoms with E-state index < -0.39 is 17.7 Å². The number of rotatable bonds is 4. The number of ether oxygens (including phenoxy) is 2. The van der Waals surface area contributed by atoms with Gasteiger partial charge >= 0.3 is 12.3 Å². The van der Waals surface area contributed by atoms with Crippen molar-refractivity contribution >= 4 is 5.97 Å². The van der Waals surface area contributed by atoms with E-state index in [2.05, 4.69) is 4.74 Å². The summed E-state index contributed by atoms with van der Waals surface area (Å²) in [7, 11) is 0. The minimum Gasteiger partial charge on any atom is -0.465 e. The van der Waals surface area contributed by atoms with Crippen molar-refractivity contribution in [3.63, 3.8) is 0 Å². The Balaban J connectivity index is 2.63. The second-order valence-electron chi connectivity index (χ2n) is 5.29. The number of hydrogen-bond acceptors (Lipinski definition) is 3. The van der Waals surface area contributed by atoms with E-state index in [1.54, 1.807) is 26.8 Å². The van der Waals surface area contributed by atoms with Crippen molar-refractivity contribution in [2.75, 3.05) is 6.61 Å². The van der Waals surface area contributed by atoms with E-state index in [1.807, 2.05) is 0 Å². The Labute approximate surface area is 115 Å². The molecule has 0 N–H and O–H groups in total. The molecule has 6 heteroatoms.